The summed E-state index contributed by atoms with van der Waals surface area (Å²) < 4.78 is 42.8. The van der Waals surface area contributed by atoms with Gasteiger partial charge in [0.25, 0.3) is 0 Å². The third kappa shape index (κ3) is 5.56. The van der Waals surface area contributed by atoms with Crippen LogP contribution in [-0.4, -0.2) is 42.9 Å². The number of carbonyl (C=O) groups is 2. The van der Waals surface area contributed by atoms with Crippen LogP contribution >= 0.6 is 0 Å². The number of likely N-dealkylation sites (tertiary alicyclic amines) is 1. The van der Waals surface area contributed by atoms with Crippen LogP contribution in [0.4, 0.5) is 13.2 Å². The third-order valence-electron chi connectivity index (χ3n) is 4.84. The molecule has 1 aromatic carbocycles. The molecule has 7 heteroatoms. The van der Waals surface area contributed by atoms with Gasteiger partial charge in [-0.25, -0.2) is 0 Å². The van der Waals surface area contributed by atoms with Crippen LogP contribution in [0.5, 0.6) is 0 Å². The average molecular weight is 371 g/mol. The van der Waals surface area contributed by atoms with Gasteiger partial charge in [-0.3, -0.25) is 9.59 Å². The number of alkyl halides is 3. The molecule has 1 heterocycles. The first kappa shape index (κ1) is 20.4. The lowest BCUT2D eigenvalue weighted by atomic mass is 9.84. The van der Waals surface area contributed by atoms with Gasteiger partial charge in [-0.2, -0.15) is 13.2 Å². The van der Waals surface area contributed by atoms with E-state index in [1.807, 2.05) is 7.05 Å². The van der Waals surface area contributed by atoms with Crippen LogP contribution in [0.25, 0.3) is 0 Å². The Bertz CT molecular complexity index is 628. The van der Waals surface area contributed by atoms with Crippen LogP contribution in [0, 0.1) is 5.92 Å². The molecule has 4 nitrogen and oxygen atoms in total. The zero-order valence-corrected chi connectivity index (χ0v) is 15.0. The lowest BCUT2D eigenvalue weighted by Gasteiger charge is -2.36. The number of ketones is 1. The first-order valence-electron chi connectivity index (χ1n) is 8.75. The van der Waals surface area contributed by atoms with E-state index in [0.29, 0.717) is 25.8 Å². The van der Waals surface area contributed by atoms with Gasteiger partial charge >= 0.3 is 12.1 Å². The van der Waals surface area contributed by atoms with Crippen molar-refractivity contribution in [1.82, 2.24) is 4.90 Å². The largest absolute Gasteiger partial charge is 0.466 e. The van der Waals surface area contributed by atoms with Gasteiger partial charge in [0.2, 0.25) is 0 Å². The van der Waals surface area contributed by atoms with Crippen molar-refractivity contribution in [1.29, 1.82) is 0 Å². The molecule has 0 amide bonds. The Balaban J connectivity index is 1.97. The number of halogens is 3. The van der Waals surface area contributed by atoms with Gasteiger partial charge in [0.1, 0.15) is 12.2 Å². The molecule has 26 heavy (non-hydrogen) atoms. The van der Waals surface area contributed by atoms with Crippen LogP contribution in [0.15, 0.2) is 24.3 Å². The molecular weight excluding hydrogens is 347 g/mol. The number of esters is 1. The summed E-state index contributed by atoms with van der Waals surface area (Å²) >= 11 is 0. The maximum atomic E-state index is 12.7. The van der Waals surface area contributed by atoms with Gasteiger partial charge in [-0.1, -0.05) is 12.1 Å². The molecule has 1 aliphatic rings. The van der Waals surface area contributed by atoms with E-state index in [0.717, 1.165) is 17.7 Å². The van der Waals surface area contributed by atoms with Crippen molar-refractivity contribution in [2.45, 2.75) is 44.8 Å². The van der Waals surface area contributed by atoms with Gasteiger partial charge in [0.05, 0.1) is 12.2 Å². The monoisotopic (exact) mass is 371 g/mol. The second kappa shape index (κ2) is 8.66. The molecule has 0 aromatic heterocycles. The number of ether oxygens (including phenoxy) is 1. The van der Waals surface area contributed by atoms with Crippen LogP contribution in [0.2, 0.25) is 0 Å². The average Bonchev–Trinajstić information content (AvgIpc) is 2.56. The van der Waals surface area contributed by atoms with E-state index >= 15 is 0 Å². The third-order valence-corrected chi connectivity index (χ3v) is 4.84. The van der Waals surface area contributed by atoms with Crippen LogP contribution in [0.1, 0.15) is 37.3 Å². The number of carbonyl (C=O) groups excluding carboxylic acids is 2. The molecule has 0 saturated carbocycles. The van der Waals surface area contributed by atoms with Crippen molar-refractivity contribution < 1.29 is 27.5 Å². The van der Waals surface area contributed by atoms with Gasteiger partial charge in [0, 0.05) is 12.0 Å². The molecule has 1 aliphatic heterocycles. The minimum atomic E-state index is -4.34. The summed E-state index contributed by atoms with van der Waals surface area (Å²) in [7, 11) is 1.95. The van der Waals surface area contributed by atoms with Gasteiger partial charge in [-0.15, -0.1) is 0 Å². The first-order valence-corrected chi connectivity index (χ1v) is 8.75. The smallest absolute Gasteiger partial charge is 0.416 e. The Hall–Kier alpha value is -1.89. The molecule has 0 unspecified atom stereocenters. The van der Waals surface area contributed by atoms with Crippen LogP contribution in [0.3, 0.4) is 0 Å². The van der Waals surface area contributed by atoms with E-state index in [1.165, 1.54) is 12.1 Å². The Morgan fingerprint density at radius 3 is 2.46 bits per heavy atom. The maximum absolute atomic E-state index is 12.7. The number of likely N-dealkylation sites (N-methyl/N-ethyl adjacent to an activating group) is 1. The predicted molar refractivity (Wildman–Crippen MR) is 90.5 cm³/mol. The van der Waals surface area contributed by atoms with Crippen molar-refractivity contribution >= 4 is 11.8 Å². The lowest BCUT2D eigenvalue weighted by molar-refractivity contribution is -0.146. The standard InChI is InChI=1S/C19H24F3NO3/c1-3-26-18(25)12-17(24)14-8-9-23(2)16(11-14)10-13-4-6-15(7-5-13)19(20,21)22/h4-7,14,16H,3,8-12H2,1-2H3/t14-,16+/m0/s1. The highest BCUT2D eigenvalue weighted by atomic mass is 19.4. The predicted octanol–water partition coefficient (Wildman–Crippen LogP) is 3.48. The Labute approximate surface area is 151 Å². The number of rotatable bonds is 6. The molecule has 2 rings (SSSR count). The second-order valence-electron chi connectivity index (χ2n) is 6.70. The summed E-state index contributed by atoms with van der Waals surface area (Å²) in [5, 5.41) is 0. The number of Topliss-reactive ketones (excluding diaryl/α,β-unsaturated/α-hetero) is 1. The molecule has 2 atom stereocenters. The van der Waals surface area contributed by atoms with E-state index in [9.17, 15) is 22.8 Å². The normalized spacial score (nSPS) is 21.4. The van der Waals surface area contributed by atoms with Crippen molar-refractivity contribution in [3.63, 3.8) is 0 Å². The molecule has 1 fully saturated rings. The van der Waals surface area contributed by atoms with Gasteiger partial charge in [0.15, 0.2) is 0 Å². The van der Waals surface area contributed by atoms with Crippen LogP contribution in [-0.2, 0) is 26.9 Å². The van der Waals surface area contributed by atoms with Crippen molar-refractivity contribution in [2.24, 2.45) is 5.92 Å². The van der Waals surface area contributed by atoms with E-state index < -0.39 is 17.7 Å². The molecule has 144 valence electrons. The minimum Gasteiger partial charge on any atom is -0.466 e. The Kier molecular flexibility index (Phi) is 6.81. The zero-order chi connectivity index (χ0) is 19.3. The molecule has 0 aliphatic carbocycles. The summed E-state index contributed by atoms with van der Waals surface area (Å²) in [6.07, 6.45) is -2.72. The summed E-state index contributed by atoms with van der Waals surface area (Å²) in [4.78, 5) is 25.9. The summed E-state index contributed by atoms with van der Waals surface area (Å²) in [6, 6.07) is 5.20. The van der Waals surface area contributed by atoms with E-state index in [-0.39, 0.29) is 30.8 Å². The van der Waals surface area contributed by atoms with Crippen LogP contribution < -0.4 is 0 Å². The fourth-order valence-corrected chi connectivity index (χ4v) is 3.30. The number of benzene rings is 1. The second-order valence-corrected chi connectivity index (χ2v) is 6.70. The lowest BCUT2D eigenvalue weighted by Crippen LogP contribution is -2.43. The molecule has 0 spiro atoms. The number of piperidine rings is 1. The first-order chi connectivity index (χ1) is 12.2. The van der Waals surface area contributed by atoms with Crippen molar-refractivity contribution in [3.05, 3.63) is 35.4 Å². The number of hydrogen-bond acceptors (Lipinski definition) is 4. The van der Waals surface area contributed by atoms with Gasteiger partial charge in [-0.05, 0) is 57.5 Å². The molecule has 0 N–H and O–H groups in total. The Morgan fingerprint density at radius 1 is 1.23 bits per heavy atom. The highest BCUT2D eigenvalue weighted by molar-refractivity contribution is 5.96. The van der Waals surface area contributed by atoms with E-state index in [4.69, 9.17) is 4.74 Å². The summed E-state index contributed by atoms with van der Waals surface area (Å²) in [6.45, 7) is 2.65. The van der Waals surface area contributed by atoms with Crippen molar-refractivity contribution in [2.75, 3.05) is 20.2 Å². The summed E-state index contributed by atoms with van der Waals surface area (Å²) in [5.74, 6) is -0.834. The SMILES string of the molecule is CCOC(=O)CC(=O)[C@H]1CCN(C)[C@H](Cc2ccc(C(F)(F)F)cc2)C1. The molecule has 1 aromatic rings. The number of nitrogens with zero attached hydrogens (tertiary/aromatic N) is 1. The van der Waals surface area contributed by atoms with E-state index in [1.54, 1.807) is 6.92 Å². The van der Waals surface area contributed by atoms with Gasteiger partial charge < -0.3 is 9.64 Å². The molecule has 1 saturated heterocycles. The zero-order valence-electron chi connectivity index (χ0n) is 15.0. The summed E-state index contributed by atoms with van der Waals surface area (Å²) in [5.41, 5.74) is 0.133. The highest BCUT2D eigenvalue weighted by Crippen LogP contribution is 2.30. The number of hydrogen-bond donors (Lipinski definition) is 0. The fraction of sp³-hybridized carbons (Fsp3) is 0.579. The fourth-order valence-electron chi connectivity index (χ4n) is 3.30. The van der Waals surface area contributed by atoms with E-state index in [2.05, 4.69) is 4.90 Å². The van der Waals surface area contributed by atoms with Crippen molar-refractivity contribution in [3.8, 4) is 0 Å². The highest BCUT2D eigenvalue weighted by Gasteiger charge is 2.32. The molecule has 0 radical (unpaired) electrons. The maximum Gasteiger partial charge on any atom is 0.416 e. The molecular formula is C19H24F3NO3. The topological polar surface area (TPSA) is 46.6 Å². The quantitative estimate of drug-likeness (QED) is 0.567. The molecule has 0 bridgehead atoms. The minimum absolute atomic E-state index is 0.0524. The Morgan fingerprint density at radius 2 is 1.88 bits per heavy atom.